The van der Waals surface area contributed by atoms with E-state index in [2.05, 4.69) is 64.3 Å². The minimum Gasteiger partial charge on any atom is -0.306 e. The van der Waals surface area contributed by atoms with Crippen molar-refractivity contribution in [1.29, 1.82) is 0 Å². The van der Waals surface area contributed by atoms with E-state index in [1.165, 1.54) is 38.0 Å². The van der Waals surface area contributed by atoms with Crippen molar-refractivity contribution in [3.05, 3.63) is 34.3 Å². The van der Waals surface area contributed by atoms with Crippen molar-refractivity contribution in [2.75, 3.05) is 19.6 Å². The Bertz CT molecular complexity index is 381. The Morgan fingerprint density at radius 1 is 1.50 bits per heavy atom. The Balaban J connectivity index is 1.92. The molecule has 2 unspecified atom stereocenters. The van der Waals surface area contributed by atoms with Crippen molar-refractivity contribution in [2.45, 2.75) is 38.8 Å². The van der Waals surface area contributed by atoms with Gasteiger partial charge >= 0.3 is 0 Å². The Hall–Kier alpha value is -0.380. The summed E-state index contributed by atoms with van der Waals surface area (Å²) in [6.45, 7) is 8.13. The lowest BCUT2D eigenvalue weighted by Gasteiger charge is -2.34. The largest absolute Gasteiger partial charge is 0.306 e. The first-order chi connectivity index (χ1) is 8.69. The number of piperidine rings is 1. The maximum Gasteiger partial charge on any atom is 0.0295 e. The molecule has 0 aliphatic carbocycles. The molecule has 1 aromatic carbocycles. The summed E-state index contributed by atoms with van der Waals surface area (Å²) in [6.07, 6.45) is 2.62. The molecule has 1 aliphatic rings. The summed E-state index contributed by atoms with van der Waals surface area (Å²) in [4.78, 5) is 2.54. The minimum atomic E-state index is 0.421. The van der Waals surface area contributed by atoms with Crippen LogP contribution in [-0.4, -0.2) is 30.6 Å². The molecule has 2 nitrogen and oxygen atoms in total. The normalized spacial score (nSPS) is 22.9. The highest BCUT2D eigenvalue weighted by molar-refractivity contribution is 9.10. The van der Waals surface area contributed by atoms with Gasteiger partial charge in [-0.15, -0.1) is 0 Å². The van der Waals surface area contributed by atoms with Crippen LogP contribution in [0.4, 0.5) is 0 Å². The Morgan fingerprint density at radius 3 is 3.06 bits per heavy atom. The highest BCUT2D eigenvalue weighted by atomic mass is 79.9. The van der Waals surface area contributed by atoms with Crippen molar-refractivity contribution in [1.82, 2.24) is 10.2 Å². The van der Waals surface area contributed by atoms with Crippen LogP contribution >= 0.6 is 15.9 Å². The Kier molecular flexibility index (Phi) is 5.22. The fraction of sp³-hybridized carbons (Fsp3) is 0.600. The number of rotatable bonds is 4. The molecule has 100 valence electrons. The lowest BCUT2D eigenvalue weighted by atomic mass is 10.0. The highest BCUT2D eigenvalue weighted by Gasteiger charge is 2.20. The summed E-state index contributed by atoms with van der Waals surface area (Å²) >= 11 is 3.54. The number of nitrogens with one attached hydrogen (secondary N) is 1. The van der Waals surface area contributed by atoms with E-state index in [0.29, 0.717) is 12.1 Å². The summed E-state index contributed by atoms with van der Waals surface area (Å²) in [5, 5.41) is 3.76. The molecule has 1 heterocycles. The van der Waals surface area contributed by atoms with Crippen LogP contribution in [0.5, 0.6) is 0 Å². The van der Waals surface area contributed by atoms with E-state index in [0.717, 1.165) is 4.47 Å². The summed E-state index contributed by atoms with van der Waals surface area (Å²) in [5.74, 6) is 0. The van der Waals surface area contributed by atoms with Gasteiger partial charge in [-0.3, -0.25) is 0 Å². The number of nitrogens with zero attached hydrogens (tertiary/aromatic N) is 1. The molecule has 2 atom stereocenters. The number of hydrogen-bond donors (Lipinski definition) is 1. The topological polar surface area (TPSA) is 15.3 Å². The fourth-order valence-corrected chi connectivity index (χ4v) is 3.12. The zero-order valence-corrected chi connectivity index (χ0v) is 12.9. The van der Waals surface area contributed by atoms with E-state index >= 15 is 0 Å². The molecular formula is C15H23BrN2. The molecule has 0 amide bonds. The van der Waals surface area contributed by atoms with Gasteiger partial charge in [0.05, 0.1) is 0 Å². The van der Waals surface area contributed by atoms with Crippen molar-refractivity contribution in [2.24, 2.45) is 0 Å². The summed E-state index contributed by atoms with van der Waals surface area (Å²) in [7, 11) is 0. The molecule has 0 radical (unpaired) electrons. The first kappa shape index (κ1) is 14.0. The molecule has 0 bridgehead atoms. The first-order valence-electron chi connectivity index (χ1n) is 6.93. The second kappa shape index (κ2) is 6.69. The Labute approximate surface area is 119 Å². The molecule has 3 heteroatoms. The van der Waals surface area contributed by atoms with Crippen LogP contribution in [0, 0.1) is 0 Å². The second-order valence-electron chi connectivity index (χ2n) is 5.18. The molecular weight excluding hydrogens is 288 g/mol. The van der Waals surface area contributed by atoms with Gasteiger partial charge < -0.3 is 10.2 Å². The molecule has 1 N–H and O–H groups in total. The number of hydrogen-bond acceptors (Lipinski definition) is 2. The monoisotopic (exact) mass is 310 g/mol. The molecule has 2 rings (SSSR count). The molecule has 1 aliphatic heterocycles. The van der Waals surface area contributed by atoms with Gasteiger partial charge in [-0.2, -0.15) is 0 Å². The molecule has 18 heavy (non-hydrogen) atoms. The van der Waals surface area contributed by atoms with Gasteiger partial charge in [0.1, 0.15) is 0 Å². The predicted molar refractivity (Wildman–Crippen MR) is 80.8 cm³/mol. The standard InChI is InChI=1S/C15H23BrN2/c1-3-18-9-5-8-15(11-18)17-12(2)13-6-4-7-14(16)10-13/h4,6-7,10,12,15,17H,3,5,8-9,11H2,1-2H3. The number of halogens is 1. The smallest absolute Gasteiger partial charge is 0.0295 e. The molecule has 1 fully saturated rings. The van der Waals surface area contributed by atoms with E-state index < -0.39 is 0 Å². The fourth-order valence-electron chi connectivity index (χ4n) is 2.70. The first-order valence-corrected chi connectivity index (χ1v) is 7.72. The molecule has 0 saturated carbocycles. The molecule has 1 saturated heterocycles. The van der Waals surface area contributed by atoms with E-state index in [-0.39, 0.29) is 0 Å². The molecule has 0 spiro atoms. The van der Waals surface area contributed by atoms with E-state index in [1.807, 2.05) is 0 Å². The Morgan fingerprint density at radius 2 is 2.33 bits per heavy atom. The van der Waals surface area contributed by atoms with Crippen molar-refractivity contribution < 1.29 is 0 Å². The van der Waals surface area contributed by atoms with Gasteiger partial charge in [0.15, 0.2) is 0 Å². The zero-order valence-electron chi connectivity index (χ0n) is 11.3. The van der Waals surface area contributed by atoms with Crippen molar-refractivity contribution in [3.63, 3.8) is 0 Å². The average Bonchev–Trinajstić information content (AvgIpc) is 2.39. The van der Waals surface area contributed by atoms with Crippen LogP contribution < -0.4 is 5.32 Å². The van der Waals surface area contributed by atoms with E-state index in [4.69, 9.17) is 0 Å². The third kappa shape index (κ3) is 3.81. The van der Waals surface area contributed by atoms with Crippen LogP contribution in [-0.2, 0) is 0 Å². The lowest BCUT2D eigenvalue weighted by Crippen LogP contribution is -2.46. The van der Waals surface area contributed by atoms with Crippen LogP contribution in [0.15, 0.2) is 28.7 Å². The molecule has 1 aromatic rings. The van der Waals surface area contributed by atoms with Gasteiger partial charge in [-0.05, 0) is 50.6 Å². The van der Waals surface area contributed by atoms with Crippen molar-refractivity contribution >= 4 is 15.9 Å². The predicted octanol–water partition coefficient (Wildman–Crippen LogP) is 3.58. The summed E-state index contributed by atoms with van der Waals surface area (Å²) < 4.78 is 1.16. The highest BCUT2D eigenvalue weighted by Crippen LogP contribution is 2.20. The third-order valence-electron chi connectivity index (χ3n) is 3.79. The van der Waals surface area contributed by atoms with Crippen LogP contribution in [0.2, 0.25) is 0 Å². The van der Waals surface area contributed by atoms with Gasteiger partial charge in [0.2, 0.25) is 0 Å². The zero-order chi connectivity index (χ0) is 13.0. The SMILES string of the molecule is CCN1CCCC(NC(C)c2cccc(Br)c2)C1. The quantitative estimate of drug-likeness (QED) is 0.914. The lowest BCUT2D eigenvalue weighted by molar-refractivity contribution is 0.192. The van der Waals surface area contributed by atoms with Gasteiger partial charge in [-0.1, -0.05) is 35.0 Å². The van der Waals surface area contributed by atoms with E-state index in [9.17, 15) is 0 Å². The van der Waals surface area contributed by atoms with Crippen LogP contribution in [0.25, 0.3) is 0 Å². The van der Waals surface area contributed by atoms with Crippen LogP contribution in [0.1, 0.15) is 38.3 Å². The molecule has 0 aromatic heterocycles. The van der Waals surface area contributed by atoms with Gasteiger partial charge in [-0.25, -0.2) is 0 Å². The maximum absolute atomic E-state index is 3.76. The van der Waals surface area contributed by atoms with E-state index in [1.54, 1.807) is 0 Å². The summed E-state index contributed by atoms with van der Waals surface area (Å²) in [6, 6.07) is 9.64. The van der Waals surface area contributed by atoms with Crippen LogP contribution in [0.3, 0.4) is 0 Å². The second-order valence-corrected chi connectivity index (χ2v) is 6.09. The minimum absolute atomic E-state index is 0.421. The summed E-state index contributed by atoms with van der Waals surface area (Å²) in [5.41, 5.74) is 1.36. The number of likely N-dealkylation sites (tertiary alicyclic amines) is 1. The average molecular weight is 311 g/mol. The van der Waals surface area contributed by atoms with Crippen molar-refractivity contribution in [3.8, 4) is 0 Å². The van der Waals surface area contributed by atoms with Gasteiger partial charge in [0, 0.05) is 23.1 Å². The third-order valence-corrected chi connectivity index (χ3v) is 4.28. The maximum atomic E-state index is 3.76. The number of likely N-dealkylation sites (N-methyl/N-ethyl adjacent to an activating group) is 1. The number of benzene rings is 1. The van der Waals surface area contributed by atoms with Gasteiger partial charge in [0.25, 0.3) is 0 Å².